The van der Waals surface area contributed by atoms with Crippen LogP contribution in [0.25, 0.3) is 0 Å². The molecule has 0 heterocycles. The summed E-state index contributed by atoms with van der Waals surface area (Å²) in [6.45, 7) is 0.753. The molecule has 5 N–H and O–H groups in total. The highest BCUT2D eigenvalue weighted by Crippen LogP contribution is 1.98. The third-order valence-electron chi connectivity index (χ3n) is 2.13. The van der Waals surface area contributed by atoms with E-state index in [1.807, 2.05) is 5.32 Å². The van der Waals surface area contributed by atoms with Crippen LogP contribution in [0.4, 0.5) is 0 Å². The summed E-state index contributed by atoms with van der Waals surface area (Å²) in [7, 11) is -4.36. The zero-order valence-corrected chi connectivity index (χ0v) is 11.4. The van der Waals surface area contributed by atoms with Crippen molar-refractivity contribution in [1.29, 1.82) is 0 Å². The highest BCUT2D eigenvalue weighted by atomic mass is 32.2. The topological polar surface area (TPSA) is 170 Å². The predicted molar refractivity (Wildman–Crippen MR) is 65.3 cm³/mol. The molecule has 11 heteroatoms. The first-order chi connectivity index (χ1) is 9.03. The van der Waals surface area contributed by atoms with Crippen molar-refractivity contribution in [2.45, 2.75) is 25.5 Å². The lowest BCUT2D eigenvalue weighted by Crippen LogP contribution is -2.49. The predicted octanol–water partition coefficient (Wildman–Crippen LogP) is -2.67. The molecule has 2 amide bonds. The van der Waals surface area contributed by atoms with E-state index in [1.54, 1.807) is 0 Å². The molecule has 20 heavy (non-hydrogen) atoms. The summed E-state index contributed by atoms with van der Waals surface area (Å²) in [5.74, 6) is -3.94. The van der Waals surface area contributed by atoms with Gasteiger partial charge in [-0.25, -0.2) is 4.79 Å². The first kappa shape index (κ1) is 18.3. The molecule has 0 fully saturated rings. The molecule has 0 aliphatic heterocycles. The summed E-state index contributed by atoms with van der Waals surface area (Å²) >= 11 is 0. The van der Waals surface area contributed by atoms with Crippen molar-refractivity contribution >= 4 is 27.9 Å². The number of carbonyl (C=O) groups is 3. The van der Waals surface area contributed by atoms with Crippen LogP contribution in [-0.2, 0) is 24.5 Å². The average molecular weight is 312 g/mol. The Morgan fingerprint density at radius 2 is 1.80 bits per heavy atom. The third-order valence-corrected chi connectivity index (χ3v) is 2.88. The van der Waals surface area contributed by atoms with Crippen LogP contribution in [0.15, 0.2) is 0 Å². The number of hydrogen-bond acceptors (Lipinski definition) is 6. The van der Waals surface area contributed by atoms with E-state index in [1.165, 1.54) is 0 Å². The zero-order valence-electron chi connectivity index (χ0n) is 10.6. The van der Waals surface area contributed by atoms with Gasteiger partial charge in [0.1, 0.15) is 12.1 Å². The molecule has 0 bridgehead atoms. The third kappa shape index (κ3) is 8.39. The van der Waals surface area contributed by atoms with Gasteiger partial charge < -0.3 is 20.8 Å². The number of carbonyl (C=O) groups excluding carboxylic acids is 2. The Hall–Kier alpha value is -1.72. The Morgan fingerprint density at radius 3 is 2.20 bits per heavy atom. The first-order valence-corrected chi connectivity index (χ1v) is 7.04. The first-order valence-electron chi connectivity index (χ1n) is 5.43. The van der Waals surface area contributed by atoms with Crippen molar-refractivity contribution in [2.24, 2.45) is 0 Å². The molecular weight excluding hydrogens is 296 g/mol. The lowest BCUT2D eigenvalue weighted by atomic mass is 10.2. The number of nitrogens with one attached hydrogen (secondary N) is 2. The maximum absolute atomic E-state index is 11.4. The summed E-state index contributed by atoms with van der Waals surface area (Å²) in [4.78, 5) is 32.8. The molecule has 10 nitrogen and oxygen atoms in total. The monoisotopic (exact) mass is 312 g/mol. The summed E-state index contributed by atoms with van der Waals surface area (Å²) in [6.07, 6.45) is -2.24. The Labute approximate surface area is 114 Å². The molecule has 0 aromatic heterocycles. The normalized spacial score (nSPS) is 14.2. The van der Waals surface area contributed by atoms with Gasteiger partial charge in [-0.1, -0.05) is 0 Å². The number of aliphatic hydroxyl groups is 1. The van der Waals surface area contributed by atoms with E-state index in [0.29, 0.717) is 0 Å². The number of carboxylic acids is 1. The SMILES string of the molecule is CC(=O)NCC(O)C(=O)NC(CCS(=O)(=O)O)C(=O)O. The van der Waals surface area contributed by atoms with Gasteiger partial charge in [0.15, 0.2) is 0 Å². The molecule has 0 aliphatic rings. The van der Waals surface area contributed by atoms with Crippen molar-refractivity contribution in [3.63, 3.8) is 0 Å². The van der Waals surface area contributed by atoms with Crippen molar-refractivity contribution in [2.75, 3.05) is 12.3 Å². The van der Waals surface area contributed by atoms with E-state index < -0.39 is 58.8 Å². The minimum absolute atomic E-state index is 0.411. The van der Waals surface area contributed by atoms with Crippen LogP contribution in [0.1, 0.15) is 13.3 Å². The largest absolute Gasteiger partial charge is 0.480 e. The molecule has 0 aliphatic carbocycles. The molecule has 0 spiro atoms. The summed E-state index contributed by atoms with van der Waals surface area (Å²) in [5, 5.41) is 22.2. The van der Waals surface area contributed by atoms with Crippen LogP contribution in [0, 0.1) is 0 Å². The molecule has 0 aromatic rings. The van der Waals surface area contributed by atoms with Crippen LogP contribution in [0.3, 0.4) is 0 Å². The molecular formula is C9H16N2O8S. The molecule has 116 valence electrons. The Bertz CT molecular complexity index is 474. The number of aliphatic hydroxyl groups excluding tert-OH is 1. The highest BCUT2D eigenvalue weighted by Gasteiger charge is 2.25. The van der Waals surface area contributed by atoms with Crippen molar-refractivity contribution in [3.05, 3.63) is 0 Å². The van der Waals surface area contributed by atoms with Gasteiger partial charge in [0.25, 0.3) is 16.0 Å². The van der Waals surface area contributed by atoms with Crippen LogP contribution in [0.5, 0.6) is 0 Å². The second-order valence-corrected chi connectivity index (χ2v) is 5.50. The minimum atomic E-state index is -4.36. The van der Waals surface area contributed by atoms with Crippen molar-refractivity contribution in [3.8, 4) is 0 Å². The van der Waals surface area contributed by atoms with E-state index >= 15 is 0 Å². The Balaban J connectivity index is 4.47. The van der Waals surface area contributed by atoms with Crippen molar-refractivity contribution in [1.82, 2.24) is 10.6 Å². The quantitative estimate of drug-likeness (QED) is 0.302. The van der Waals surface area contributed by atoms with Crippen molar-refractivity contribution < 1.29 is 37.6 Å². The minimum Gasteiger partial charge on any atom is -0.480 e. The molecule has 0 aromatic carbocycles. The molecule has 0 radical (unpaired) electrons. The zero-order chi connectivity index (χ0) is 15.9. The van der Waals surface area contributed by atoms with Gasteiger partial charge in [0.2, 0.25) is 5.91 Å². The maximum atomic E-state index is 11.4. The average Bonchev–Trinajstić information content (AvgIpc) is 2.29. The number of amides is 2. The van der Waals surface area contributed by atoms with E-state index in [0.717, 1.165) is 6.92 Å². The van der Waals surface area contributed by atoms with E-state index in [2.05, 4.69) is 5.32 Å². The number of rotatable bonds is 8. The van der Waals surface area contributed by atoms with Gasteiger partial charge in [-0.15, -0.1) is 0 Å². The second kappa shape index (κ2) is 7.77. The van der Waals surface area contributed by atoms with Crippen LogP contribution in [-0.4, -0.2) is 65.4 Å². The van der Waals surface area contributed by atoms with Gasteiger partial charge in [0.05, 0.1) is 12.3 Å². The molecule has 0 saturated heterocycles. The second-order valence-electron chi connectivity index (χ2n) is 3.93. The molecule has 2 unspecified atom stereocenters. The smallest absolute Gasteiger partial charge is 0.326 e. The van der Waals surface area contributed by atoms with Crippen LogP contribution in [0.2, 0.25) is 0 Å². The number of aliphatic carboxylic acids is 1. The fraction of sp³-hybridized carbons (Fsp3) is 0.667. The number of hydrogen-bond donors (Lipinski definition) is 5. The molecule has 0 rings (SSSR count). The summed E-state index contributed by atoms with van der Waals surface area (Å²) in [6, 6.07) is -1.59. The van der Waals surface area contributed by atoms with Gasteiger partial charge in [0, 0.05) is 6.92 Å². The Morgan fingerprint density at radius 1 is 1.25 bits per heavy atom. The van der Waals surface area contributed by atoms with Gasteiger partial charge in [-0.2, -0.15) is 8.42 Å². The van der Waals surface area contributed by atoms with Gasteiger partial charge in [-0.05, 0) is 6.42 Å². The lowest BCUT2D eigenvalue weighted by Gasteiger charge is -2.16. The Kier molecular flexibility index (Phi) is 7.10. The lowest BCUT2D eigenvalue weighted by molar-refractivity contribution is -0.143. The maximum Gasteiger partial charge on any atom is 0.326 e. The van der Waals surface area contributed by atoms with Gasteiger partial charge >= 0.3 is 5.97 Å². The van der Waals surface area contributed by atoms with Crippen LogP contribution < -0.4 is 10.6 Å². The molecule has 0 saturated carbocycles. The summed E-state index contributed by atoms with van der Waals surface area (Å²) in [5.41, 5.74) is 0. The van der Waals surface area contributed by atoms with E-state index in [9.17, 15) is 27.9 Å². The van der Waals surface area contributed by atoms with Crippen LogP contribution >= 0.6 is 0 Å². The van der Waals surface area contributed by atoms with Gasteiger partial charge in [-0.3, -0.25) is 14.1 Å². The molecule has 2 atom stereocenters. The fourth-order valence-corrected chi connectivity index (χ4v) is 1.66. The standard InChI is InChI=1S/C9H16N2O8S/c1-5(12)10-4-7(13)8(14)11-6(9(15)16)2-3-20(17,18)19/h6-7,13H,2-4H2,1H3,(H,10,12)(H,11,14)(H,15,16)(H,17,18,19). The summed E-state index contributed by atoms with van der Waals surface area (Å²) < 4.78 is 29.5. The highest BCUT2D eigenvalue weighted by molar-refractivity contribution is 7.85. The fourth-order valence-electron chi connectivity index (χ4n) is 1.13. The van der Waals surface area contributed by atoms with E-state index in [-0.39, 0.29) is 0 Å². The van der Waals surface area contributed by atoms with E-state index in [4.69, 9.17) is 9.66 Å². The number of carboxylic acid groups (broad SMARTS) is 1.